The first-order chi connectivity index (χ1) is 10.1. The average molecular weight is 318 g/mol. The highest BCUT2D eigenvalue weighted by molar-refractivity contribution is 7.98. The Labute approximate surface area is 132 Å². The first-order valence-corrected chi connectivity index (χ1v) is 8.96. The van der Waals surface area contributed by atoms with Crippen molar-refractivity contribution < 1.29 is 4.79 Å². The lowest BCUT2D eigenvalue weighted by Crippen LogP contribution is -2.25. The van der Waals surface area contributed by atoms with Crippen molar-refractivity contribution in [3.8, 4) is 0 Å². The van der Waals surface area contributed by atoms with E-state index in [0.29, 0.717) is 0 Å². The topological polar surface area (TPSA) is 55.1 Å². The lowest BCUT2D eigenvalue weighted by molar-refractivity contribution is 0.0944. The Morgan fingerprint density at radius 3 is 3.00 bits per heavy atom. The summed E-state index contributed by atoms with van der Waals surface area (Å²) < 4.78 is 0. The molecule has 1 atom stereocenters. The van der Waals surface area contributed by atoms with Crippen LogP contribution in [0.25, 0.3) is 0 Å². The molecule has 0 radical (unpaired) electrons. The van der Waals surface area contributed by atoms with Crippen molar-refractivity contribution in [2.24, 2.45) is 0 Å². The third-order valence-corrected chi connectivity index (χ3v) is 5.85. The number of amides is 1. The van der Waals surface area contributed by atoms with E-state index in [9.17, 15) is 4.79 Å². The van der Waals surface area contributed by atoms with E-state index in [4.69, 9.17) is 5.73 Å². The number of rotatable bonds is 3. The van der Waals surface area contributed by atoms with Gasteiger partial charge in [-0.05, 0) is 48.4 Å². The second-order valence-corrected chi connectivity index (χ2v) is 7.47. The molecule has 0 fully saturated rings. The molecule has 5 heteroatoms. The number of nitrogen functional groups attached to an aromatic ring is 1. The average Bonchev–Trinajstić information content (AvgIpc) is 2.91. The highest BCUT2D eigenvalue weighted by Crippen LogP contribution is 2.32. The normalized spacial score (nSPS) is 15.3. The fraction of sp³-hybridized carbons (Fsp3) is 0.312. The molecule has 0 saturated carbocycles. The number of thioether (sulfide) groups is 1. The van der Waals surface area contributed by atoms with Crippen molar-refractivity contribution >= 4 is 34.7 Å². The monoisotopic (exact) mass is 318 g/mol. The molecular weight excluding hydrogens is 300 g/mol. The zero-order valence-electron chi connectivity index (χ0n) is 11.9. The fourth-order valence-electron chi connectivity index (χ4n) is 2.44. The number of anilines is 1. The number of hydrogen-bond donors (Lipinski definition) is 2. The number of carbonyl (C=O) groups is 1. The van der Waals surface area contributed by atoms with Crippen LogP contribution in [0.5, 0.6) is 0 Å². The molecule has 0 bridgehead atoms. The van der Waals surface area contributed by atoms with Crippen LogP contribution < -0.4 is 11.1 Å². The zero-order chi connectivity index (χ0) is 14.8. The maximum atomic E-state index is 12.4. The summed E-state index contributed by atoms with van der Waals surface area (Å²) in [6, 6.07) is 9.65. The summed E-state index contributed by atoms with van der Waals surface area (Å²) in [5.41, 5.74) is 8.87. The molecule has 1 aliphatic rings. The predicted molar refractivity (Wildman–Crippen MR) is 90.9 cm³/mol. The molecule has 110 valence electrons. The van der Waals surface area contributed by atoms with Crippen molar-refractivity contribution in [3.63, 3.8) is 0 Å². The molecule has 1 amide bonds. The van der Waals surface area contributed by atoms with Crippen LogP contribution in [0.1, 0.15) is 38.6 Å². The number of hydrogen-bond acceptors (Lipinski definition) is 4. The fourth-order valence-corrected chi connectivity index (χ4v) is 4.71. The molecule has 21 heavy (non-hydrogen) atoms. The van der Waals surface area contributed by atoms with Gasteiger partial charge < -0.3 is 11.1 Å². The smallest absolute Gasteiger partial charge is 0.261 e. The third-order valence-electron chi connectivity index (χ3n) is 3.61. The van der Waals surface area contributed by atoms with E-state index < -0.39 is 0 Å². The van der Waals surface area contributed by atoms with Crippen LogP contribution in [-0.2, 0) is 12.2 Å². The number of benzene rings is 1. The minimum Gasteiger partial charge on any atom is -0.399 e. The molecule has 1 aromatic heterocycles. The summed E-state index contributed by atoms with van der Waals surface area (Å²) >= 11 is 3.57. The van der Waals surface area contributed by atoms with E-state index >= 15 is 0 Å². The largest absolute Gasteiger partial charge is 0.399 e. The Balaban J connectivity index is 1.72. The van der Waals surface area contributed by atoms with Crippen LogP contribution in [0, 0.1) is 0 Å². The van der Waals surface area contributed by atoms with Crippen LogP contribution in [0.15, 0.2) is 30.3 Å². The molecule has 3 nitrogen and oxygen atoms in total. The molecule has 1 unspecified atom stereocenters. The van der Waals surface area contributed by atoms with Gasteiger partial charge in [0.25, 0.3) is 5.91 Å². The van der Waals surface area contributed by atoms with E-state index in [-0.39, 0.29) is 11.9 Å². The van der Waals surface area contributed by atoms with Gasteiger partial charge in [-0.2, -0.15) is 11.8 Å². The van der Waals surface area contributed by atoms with Crippen molar-refractivity contribution in [2.45, 2.75) is 25.1 Å². The molecule has 3 N–H and O–H groups in total. The molecule has 1 aromatic carbocycles. The molecule has 0 aliphatic carbocycles. The lowest BCUT2D eigenvalue weighted by Gasteiger charge is -2.14. The molecule has 3 rings (SSSR count). The van der Waals surface area contributed by atoms with Crippen LogP contribution in [0.2, 0.25) is 0 Å². The van der Waals surface area contributed by atoms with E-state index in [1.54, 1.807) is 11.3 Å². The summed E-state index contributed by atoms with van der Waals surface area (Å²) in [4.78, 5) is 14.6. The first-order valence-electron chi connectivity index (χ1n) is 6.99. The zero-order valence-corrected chi connectivity index (χ0v) is 13.5. The summed E-state index contributed by atoms with van der Waals surface area (Å²) in [7, 11) is 0. The van der Waals surface area contributed by atoms with Crippen LogP contribution in [0.4, 0.5) is 5.69 Å². The molecule has 1 aliphatic heterocycles. The molecule has 2 heterocycles. The summed E-state index contributed by atoms with van der Waals surface area (Å²) in [6.45, 7) is 1.98. The molecule has 0 saturated heterocycles. The Morgan fingerprint density at radius 1 is 1.38 bits per heavy atom. The van der Waals surface area contributed by atoms with Crippen LogP contribution in [-0.4, -0.2) is 11.7 Å². The van der Waals surface area contributed by atoms with Gasteiger partial charge in [0, 0.05) is 16.3 Å². The van der Waals surface area contributed by atoms with Gasteiger partial charge in [-0.3, -0.25) is 4.79 Å². The standard InChI is InChI=1S/C16H18N2OS2/c1-10(11-3-2-4-13(17)7-11)18-16(19)15-8-12-9-20-6-5-14(12)21-15/h2-4,7-8,10H,5-6,9,17H2,1H3,(H,18,19). The van der Waals surface area contributed by atoms with Crippen molar-refractivity contribution in [1.82, 2.24) is 5.32 Å². The van der Waals surface area contributed by atoms with Gasteiger partial charge in [0.05, 0.1) is 10.9 Å². The van der Waals surface area contributed by atoms with Crippen LogP contribution in [0.3, 0.4) is 0 Å². The Hall–Kier alpha value is -1.46. The van der Waals surface area contributed by atoms with Crippen molar-refractivity contribution in [2.75, 3.05) is 11.5 Å². The van der Waals surface area contributed by atoms with E-state index in [1.807, 2.05) is 49.0 Å². The SMILES string of the molecule is CC(NC(=O)c1cc2c(s1)CCSC2)c1cccc(N)c1. The Morgan fingerprint density at radius 2 is 2.24 bits per heavy atom. The number of carbonyl (C=O) groups excluding carboxylic acids is 1. The maximum absolute atomic E-state index is 12.4. The highest BCUT2D eigenvalue weighted by Gasteiger charge is 2.19. The quantitative estimate of drug-likeness (QED) is 0.850. The number of nitrogens with two attached hydrogens (primary N) is 1. The van der Waals surface area contributed by atoms with Gasteiger partial charge in [-0.25, -0.2) is 0 Å². The molecular formula is C16H18N2OS2. The lowest BCUT2D eigenvalue weighted by atomic mass is 10.1. The Kier molecular flexibility index (Phi) is 4.22. The van der Waals surface area contributed by atoms with Crippen molar-refractivity contribution in [1.29, 1.82) is 0 Å². The predicted octanol–water partition coefficient (Wildman–Crippen LogP) is 3.61. The van der Waals surface area contributed by atoms with Gasteiger partial charge in [0.2, 0.25) is 0 Å². The minimum absolute atomic E-state index is 0.00863. The van der Waals surface area contributed by atoms with E-state index in [1.165, 1.54) is 10.4 Å². The van der Waals surface area contributed by atoms with E-state index in [2.05, 4.69) is 5.32 Å². The number of aryl methyl sites for hydroxylation is 1. The number of nitrogens with one attached hydrogen (secondary N) is 1. The van der Waals surface area contributed by atoms with Crippen molar-refractivity contribution in [3.05, 3.63) is 51.2 Å². The Bertz CT molecular complexity index is 643. The van der Waals surface area contributed by atoms with Gasteiger partial charge in [-0.15, -0.1) is 11.3 Å². The first kappa shape index (κ1) is 14.5. The summed E-state index contributed by atoms with van der Waals surface area (Å²) in [6.07, 6.45) is 1.09. The van der Waals surface area contributed by atoms with Gasteiger partial charge in [0.1, 0.15) is 0 Å². The third kappa shape index (κ3) is 3.24. The summed E-state index contributed by atoms with van der Waals surface area (Å²) in [5, 5.41) is 3.06. The second kappa shape index (κ2) is 6.12. The van der Waals surface area contributed by atoms with Gasteiger partial charge >= 0.3 is 0 Å². The minimum atomic E-state index is -0.0468. The van der Waals surface area contributed by atoms with Gasteiger partial charge in [0.15, 0.2) is 0 Å². The summed E-state index contributed by atoms with van der Waals surface area (Å²) in [5.74, 6) is 2.20. The van der Waals surface area contributed by atoms with Gasteiger partial charge in [-0.1, -0.05) is 12.1 Å². The maximum Gasteiger partial charge on any atom is 0.261 e. The second-order valence-electron chi connectivity index (χ2n) is 5.23. The van der Waals surface area contributed by atoms with E-state index in [0.717, 1.165) is 34.1 Å². The number of fused-ring (bicyclic) bond motifs is 1. The van der Waals surface area contributed by atoms with Crippen LogP contribution >= 0.6 is 23.1 Å². The highest BCUT2D eigenvalue weighted by atomic mass is 32.2. The molecule has 2 aromatic rings. The number of thiophene rings is 1. The molecule has 0 spiro atoms.